The van der Waals surface area contributed by atoms with E-state index >= 15 is 0 Å². The summed E-state index contributed by atoms with van der Waals surface area (Å²) in [5, 5.41) is 14.1. The van der Waals surface area contributed by atoms with Crippen molar-refractivity contribution >= 4 is 34.5 Å². The molecule has 0 fully saturated rings. The predicted octanol–water partition coefficient (Wildman–Crippen LogP) is 2.70. The normalized spacial score (nSPS) is 10.6. The molecule has 2 aromatic rings. The first kappa shape index (κ1) is 12.7. The first-order valence-electron chi connectivity index (χ1n) is 4.94. The molecule has 8 heteroatoms. The highest BCUT2D eigenvalue weighted by molar-refractivity contribution is 7.14. The molecule has 0 radical (unpaired) electrons. The van der Waals surface area contributed by atoms with Crippen LogP contribution in [0.1, 0.15) is 14.5 Å². The van der Waals surface area contributed by atoms with E-state index in [1.807, 2.05) is 13.0 Å². The third-order valence-electron chi connectivity index (χ3n) is 2.19. The van der Waals surface area contributed by atoms with Crippen LogP contribution in [0.2, 0.25) is 5.02 Å². The number of ketones is 1. The van der Waals surface area contributed by atoms with Gasteiger partial charge in [0.2, 0.25) is 0 Å². The van der Waals surface area contributed by atoms with Crippen molar-refractivity contribution < 1.29 is 9.72 Å². The largest absolute Gasteiger partial charge is 0.408 e. The average Bonchev–Trinajstić information content (AvgIpc) is 2.85. The maximum atomic E-state index is 11.9. The number of rotatable bonds is 4. The first-order valence-corrected chi connectivity index (χ1v) is 6.14. The molecule has 0 saturated heterocycles. The monoisotopic (exact) mass is 285 g/mol. The van der Waals surface area contributed by atoms with Crippen molar-refractivity contribution in [3.8, 4) is 0 Å². The molecule has 0 unspecified atom stereocenters. The van der Waals surface area contributed by atoms with Crippen LogP contribution in [0.3, 0.4) is 0 Å². The Morgan fingerprint density at radius 3 is 2.83 bits per heavy atom. The lowest BCUT2D eigenvalue weighted by Gasteiger charge is -1.94. The number of carbonyl (C=O) groups excluding carboxylic acids is 1. The topological polar surface area (TPSA) is 78.0 Å². The van der Waals surface area contributed by atoms with Crippen LogP contribution in [0.25, 0.3) is 0 Å². The summed E-state index contributed by atoms with van der Waals surface area (Å²) in [5.74, 6) is -0.589. The molecule has 0 aliphatic rings. The van der Waals surface area contributed by atoms with Crippen LogP contribution in [0.5, 0.6) is 0 Å². The third-order valence-corrected chi connectivity index (χ3v) is 3.50. The van der Waals surface area contributed by atoms with E-state index in [1.54, 1.807) is 6.07 Å². The molecule has 0 saturated carbocycles. The second-order valence-electron chi connectivity index (χ2n) is 3.59. The van der Waals surface area contributed by atoms with Crippen molar-refractivity contribution in [1.82, 2.24) is 9.78 Å². The highest BCUT2D eigenvalue weighted by Crippen LogP contribution is 2.22. The number of nitro groups is 1. The smallest absolute Gasteiger partial charge is 0.358 e. The molecule has 0 bridgehead atoms. The van der Waals surface area contributed by atoms with Crippen molar-refractivity contribution in [3.63, 3.8) is 0 Å². The maximum absolute atomic E-state index is 11.9. The Bertz CT molecular complexity index is 620. The quantitative estimate of drug-likeness (QED) is 0.491. The van der Waals surface area contributed by atoms with Crippen LogP contribution in [0.15, 0.2) is 18.3 Å². The van der Waals surface area contributed by atoms with Crippen LogP contribution < -0.4 is 0 Å². The van der Waals surface area contributed by atoms with E-state index in [1.165, 1.54) is 22.2 Å². The van der Waals surface area contributed by atoms with E-state index in [2.05, 4.69) is 5.10 Å². The summed E-state index contributed by atoms with van der Waals surface area (Å²) >= 11 is 7.01. The van der Waals surface area contributed by atoms with Gasteiger partial charge in [-0.3, -0.25) is 4.79 Å². The van der Waals surface area contributed by atoms with Crippen molar-refractivity contribution in [3.05, 3.63) is 43.2 Å². The van der Waals surface area contributed by atoms with Gasteiger partial charge in [0.15, 0.2) is 10.8 Å². The number of aryl methyl sites for hydroxylation is 1. The summed E-state index contributed by atoms with van der Waals surface area (Å²) in [5.41, 5.74) is 0. The van der Waals surface area contributed by atoms with Crippen molar-refractivity contribution in [2.45, 2.75) is 13.5 Å². The van der Waals surface area contributed by atoms with E-state index in [0.717, 1.165) is 4.88 Å². The molecule has 0 aromatic carbocycles. The molecule has 0 N–H and O–H groups in total. The van der Waals surface area contributed by atoms with Crippen molar-refractivity contribution in [1.29, 1.82) is 0 Å². The minimum Gasteiger partial charge on any atom is -0.358 e. The molecule has 0 aliphatic carbocycles. The van der Waals surface area contributed by atoms with E-state index in [9.17, 15) is 14.9 Å². The third kappa shape index (κ3) is 2.57. The standard InChI is InChI=1S/C10H8ClN3O3S/c1-6-2-3-9(18-6)8(15)5-13-4-7(11)10(12-13)14(16)17/h2-4H,5H2,1H3. The van der Waals surface area contributed by atoms with E-state index < -0.39 is 10.7 Å². The number of Topliss-reactive ketones (excluding diaryl/α,β-unsaturated/α-hetero) is 1. The number of thiophene rings is 1. The van der Waals surface area contributed by atoms with Gasteiger partial charge in [-0.1, -0.05) is 11.6 Å². The number of aromatic nitrogens is 2. The lowest BCUT2D eigenvalue weighted by atomic mass is 10.3. The van der Waals surface area contributed by atoms with Crippen LogP contribution >= 0.6 is 22.9 Å². The average molecular weight is 286 g/mol. The van der Waals surface area contributed by atoms with Gasteiger partial charge in [-0.2, -0.15) is 4.68 Å². The van der Waals surface area contributed by atoms with E-state index in [0.29, 0.717) is 4.88 Å². The zero-order valence-electron chi connectivity index (χ0n) is 9.29. The fourth-order valence-corrected chi connectivity index (χ4v) is 2.42. The Balaban J connectivity index is 2.17. The highest BCUT2D eigenvalue weighted by atomic mass is 35.5. The minimum atomic E-state index is -0.682. The van der Waals surface area contributed by atoms with Gasteiger partial charge >= 0.3 is 5.82 Å². The van der Waals surface area contributed by atoms with Gasteiger partial charge in [0.05, 0.1) is 16.2 Å². The van der Waals surface area contributed by atoms with Crippen molar-refractivity contribution in [2.75, 3.05) is 0 Å². The molecule has 0 aliphatic heterocycles. The molecule has 18 heavy (non-hydrogen) atoms. The van der Waals surface area contributed by atoms with Crippen molar-refractivity contribution in [2.24, 2.45) is 0 Å². The zero-order valence-corrected chi connectivity index (χ0v) is 10.9. The molecule has 0 amide bonds. The summed E-state index contributed by atoms with van der Waals surface area (Å²) in [6.07, 6.45) is 1.28. The van der Waals surface area contributed by atoms with Gasteiger partial charge in [-0.05, 0) is 24.0 Å². The second kappa shape index (κ2) is 4.87. The van der Waals surface area contributed by atoms with Crippen LogP contribution in [-0.2, 0) is 6.54 Å². The fraction of sp³-hybridized carbons (Fsp3) is 0.200. The van der Waals surface area contributed by atoms with Gasteiger partial charge < -0.3 is 10.1 Å². The Hall–Kier alpha value is -1.73. The molecular formula is C10H8ClN3O3S. The fourth-order valence-electron chi connectivity index (χ4n) is 1.40. The summed E-state index contributed by atoms with van der Waals surface area (Å²) in [4.78, 5) is 23.4. The first-order chi connectivity index (χ1) is 8.47. The molecular weight excluding hydrogens is 278 g/mol. The van der Waals surface area contributed by atoms with Crippen LogP contribution in [0, 0.1) is 17.0 Å². The van der Waals surface area contributed by atoms with E-state index in [-0.39, 0.29) is 17.4 Å². The van der Waals surface area contributed by atoms with E-state index in [4.69, 9.17) is 11.6 Å². The molecule has 2 aromatic heterocycles. The predicted molar refractivity (Wildman–Crippen MR) is 67.3 cm³/mol. The van der Waals surface area contributed by atoms with Gasteiger partial charge in [0.25, 0.3) is 0 Å². The van der Waals surface area contributed by atoms with Crippen LogP contribution in [0.4, 0.5) is 5.82 Å². The number of halogens is 1. The Kier molecular flexibility index (Phi) is 3.44. The number of carbonyl (C=O) groups is 1. The summed E-state index contributed by atoms with van der Waals surface area (Å²) < 4.78 is 1.18. The SMILES string of the molecule is Cc1ccc(C(=O)Cn2cc(Cl)c([N+](=O)[O-])n2)s1. The zero-order chi connectivity index (χ0) is 13.3. The van der Waals surface area contributed by atoms with Gasteiger partial charge in [0.1, 0.15) is 6.54 Å². The number of hydrogen-bond acceptors (Lipinski definition) is 5. The van der Waals surface area contributed by atoms with Gasteiger partial charge in [-0.15, -0.1) is 11.3 Å². The molecule has 0 spiro atoms. The summed E-state index contributed by atoms with van der Waals surface area (Å²) in [6, 6.07) is 3.57. The second-order valence-corrected chi connectivity index (χ2v) is 5.28. The van der Waals surface area contributed by atoms with Gasteiger partial charge in [0, 0.05) is 4.88 Å². The highest BCUT2D eigenvalue weighted by Gasteiger charge is 2.21. The lowest BCUT2D eigenvalue weighted by Crippen LogP contribution is -2.09. The molecule has 0 atom stereocenters. The number of nitrogens with zero attached hydrogens (tertiary/aromatic N) is 3. The maximum Gasteiger partial charge on any atom is 0.408 e. The molecule has 94 valence electrons. The molecule has 2 rings (SSSR count). The number of hydrogen-bond donors (Lipinski definition) is 0. The molecule has 6 nitrogen and oxygen atoms in total. The summed E-state index contributed by atoms with van der Waals surface area (Å²) in [6.45, 7) is 1.84. The Morgan fingerprint density at radius 1 is 1.61 bits per heavy atom. The minimum absolute atomic E-state index is 0.0620. The Labute approximate surface area is 111 Å². The summed E-state index contributed by atoms with van der Waals surface area (Å²) in [7, 11) is 0. The lowest BCUT2D eigenvalue weighted by molar-refractivity contribution is -0.389. The Morgan fingerprint density at radius 2 is 2.33 bits per heavy atom. The van der Waals surface area contributed by atoms with Crippen LogP contribution in [-0.4, -0.2) is 20.5 Å². The molecule has 2 heterocycles. The van der Waals surface area contributed by atoms with Gasteiger partial charge in [-0.25, -0.2) is 0 Å².